The molecule has 3 nitrogen and oxygen atoms in total. The van der Waals surface area contributed by atoms with Gasteiger partial charge < -0.3 is 9.52 Å². The lowest BCUT2D eigenvalue weighted by Crippen LogP contribution is -1.86. The largest absolute Gasteiger partial charge is 0.508 e. The van der Waals surface area contributed by atoms with Gasteiger partial charge in [-0.25, -0.2) is 4.98 Å². The summed E-state index contributed by atoms with van der Waals surface area (Å²) in [6.45, 7) is 4.26. The highest BCUT2D eigenvalue weighted by molar-refractivity contribution is 5.80. The molecular weight excluding hydrogens is 238 g/mol. The van der Waals surface area contributed by atoms with Crippen LogP contribution < -0.4 is 0 Å². The van der Waals surface area contributed by atoms with Crippen molar-refractivity contribution < 1.29 is 9.52 Å². The van der Waals surface area contributed by atoms with E-state index in [1.807, 2.05) is 18.2 Å². The number of fused-ring (bicyclic) bond motifs is 1. The van der Waals surface area contributed by atoms with E-state index in [2.05, 4.69) is 24.9 Å². The van der Waals surface area contributed by atoms with E-state index in [1.54, 1.807) is 18.2 Å². The van der Waals surface area contributed by atoms with Gasteiger partial charge in [-0.2, -0.15) is 0 Å². The summed E-state index contributed by atoms with van der Waals surface area (Å²) in [6, 6.07) is 12.9. The monoisotopic (exact) mass is 253 g/mol. The summed E-state index contributed by atoms with van der Waals surface area (Å²) < 4.78 is 5.88. The van der Waals surface area contributed by atoms with Crippen molar-refractivity contribution in [1.82, 2.24) is 4.98 Å². The molecule has 1 heterocycles. The maximum atomic E-state index is 9.52. The normalized spacial score (nSPS) is 11.3. The van der Waals surface area contributed by atoms with Gasteiger partial charge in [-0.15, -0.1) is 0 Å². The first-order chi connectivity index (χ1) is 9.15. The predicted molar refractivity (Wildman–Crippen MR) is 75.2 cm³/mol. The molecule has 0 radical (unpaired) electrons. The lowest BCUT2D eigenvalue weighted by Gasteiger charge is -2.03. The molecule has 2 aromatic carbocycles. The third kappa shape index (κ3) is 2.08. The van der Waals surface area contributed by atoms with Crippen LogP contribution in [0.5, 0.6) is 5.75 Å². The zero-order valence-corrected chi connectivity index (χ0v) is 10.9. The van der Waals surface area contributed by atoms with Gasteiger partial charge in [-0.1, -0.05) is 32.0 Å². The van der Waals surface area contributed by atoms with Gasteiger partial charge in [0.2, 0.25) is 5.89 Å². The molecule has 0 spiro atoms. The van der Waals surface area contributed by atoms with Crippen LogP contribution >= 0.6 is 0 Å². The van der Waals surface area contributed by atoms with Crippen molar-refractivity contribution in [2.75, 3.05) is 0 Å². The average Bonchev–Trinajstić information content (AvgIpc) is 2.82. The second kappa shape index (κ2) is 4.43. The number of phenols is 1. The molecule has 1 N–H and O–H groups in total. The quantitative estimate of drug-likeness (QED) is 0.739. The molecule has 3 heteroatoms. The molecule has 0 aliphatic carbocycles. The third-order valence-electron chi connectivity index (χ3n) is 3.16. The first-order valence-corrected chi connectivity index (χ1v) is 6.34. The summed E-state index contributed by atoms with van der Waals surface area (Å²) in [5.41, 5.74) is 3.61. The van der Waals surface area contributed by atoms with Crippen molar-refractivity contribution in [2.24, 2.45) is 0 Å². The van der Waals surface area contributed by atoms with Crippen molar-refractivity contribution in [1.29, 1.82) is 0 Å². The Hall–Kier alpha value is -2.29. The first-order valence-electron chi connectivity index (χ1n) is 6.34. The average molecular weight is 253 g/mol. The lowest BCUT2D eigenvalue weighted by molar-refractivity contribution is 0.475. The molecule has 3 rings (SSSR count). The second-order valence-electron chi connectivity index (χ2n) is 4.92. The molecule has 0 bridgehead atoms. The molecule has 0 aliphatic heterocycles. The van der Waals surface area contributed by atoms with Crippen LogP contribution in [0.15, 0.2) is 46.9 Å². The molecular formula is C16H15NO2. The topological polar surface area (TPSA) is 46.3 Å². The number of hydrogen-bond acceptors (Lipinski definition) is 3. The number of aromatic hydroxyl groups is 1. The Morgan fingerprint density at radius 2 is 1.89 bits per heavy atom. The van der Waals surface area contributed by atoms with Gasteiger partial charge in [-0.05, 0) is 35.7 Å². The maximum Gasteiger partial charge on any atom is 0.227 e. The Morgan fingerprint density at radius 1 is 1.11 bits per heavy atom. The maximum absolute atomic E-state index is 9.52. The molecule has 0 fully saturated rings. The molecule has 96 valence electrons. The van der Waals surface area contributed by atoms with Crippen LogP contribution in [0.3, 0.4) is 0 Å². The SMILES string of the molecule is CC(C)c1cccc2nc(-c3cccc(O)c3)oc12. The Bertz CT molecular complexity index is 728. The Kier molecular flexibility index (Phi) is 2.75. The molecule has 0 aliphatic rings. The van der Waals surface area contributed by atoms with Crippen molar-refractivity contribution in [2.45, 2.75) is 19.8 Å². The predicted octanol–water partition coefficient (Wildman–Crippen LogP) is 4.32. The fourth-order valence-electron chi connectivity index (χ4n) is 2.19. The molecule has 3 aromatic rings. The smallest absolute Gasteiger partial charge is 0.227 e. The van der Waals surface area contributed by atoms with Crippen LogP contribution in [0, 0.1) is 0 Å². The minimum Gasteiger partial charge on any atom is -0.508 e. The summed E-state index contributed by atoms with van der Waals surface area (Å²) in [5.74, 6) is 1.14. The number of aromatic nitrogens is 1. The number of oxazole rings is 1. The minimum absolute atomic E-state index is 0.212. The molecule has 0 unspecified atom stereocenters. The van der Waals surface area contributed by atoms with E-state index in [0.29, 0.717) is 11.8 Å². The van der Waals surface area contributed by atoms with E-state index >= 15 is 0 Å². The summed E-state index contributed by atoms with van der Waals surface area (Å²) in [7, 11) is 0. The Balaban J connectivity index is 2.19. The van der Waals surface area contributed by atoms with Gasteiger partial charge in [0.15, 0.2) is 5.58 Å². The molecule has 19 heavy (non-hydrogen) atoms. The van der Waals surface area contributed by atoms with Crippen molar-refractivity contribution in [3.63, 3.8) is 0 Å². The van der Waals surface area contributed by atoms with Crippen LogP contribution in [0.4, 0.5) is 0 Å². The number of hydrogen-bond donors (Lipinski definition) is 1. The fourth-order valence-corrected chi connectivity index (χ4v) is 2.19. The zero-order chi connectivity index (χ0) is 13.4. The molecule has 0 amide bonds. The number of phenolic OH excluding ortho intramolecular Hbond substituents is 1. The van der Waals surface area contributed by atoms with E-state index < -0.39 is 0 Å². The van der Waals surface area contributed by atoms with E-state index in [1.165, 1.54) is 0 Å². The van der Waals surface area contributed by atoms with E-state index in [9.17, 15) is 5.11 Å². The Morgan fingerprint density at radius 3 is 2.63 bits per heavy atom. The van der Waals surface area contributed by atoms with Crippen LogP contribution in [-0.2, 0) is 0 Å². The van der Waals surface area contributed by atoms with E-state index in [0.717, 1.165) is 22.2 Å². The molecule has 0 saturated carbocycles. The summed E-state index contributed by atoms with van der Waals surface area (Å²) in [4.78, 5) is 4.49. The van der Waals surface area contributed by atoms with Gasteiger partial charge in [0.1, 0.15) is 11.3 Å². The standard InChI is InChI=1S/C16H15NO2/c1-10(2)13-7-4-8-14-15(13)19-16(17-14)11-5-3-6-12(18)9-11/h3-10,18H,1-2H3. The number of benzene rings is 2. The van der Waals surface area contributed by atoms with Crippen molar-refractivity contribution in [3.8, 4) is 17.2 Å². The van der Waals surface area contributed by atoms with Crippen LogP contribution in [-0.4, -0.2) is 10.1 Å². The molecule has 0 atom stereocenters. The summed E-state index contributed by atoms with van der Waals surface area (Å²) in [5, 5.41) is 9.52. The first kappa shape index (κ1) is 11.8. The highest BCUT2D eigenvalue weighted by Gasteiger charge is 2.13. The van der Waals surface area contributed by atoms with Crippen LogP contribution in [0.2, 0.25) is 0 Å². The van der Waals surface area contributed by atoms with Gasteiger partial charge in [0.05, 0.1) is 0 Å². The molecule has 1 aromatic heterocycles. The van der Waals surface area contributed by atoms with E-state index in [-0.39, 0.29) is 5.75 Å². The van der Waals surface area contributed by atoms with Gasteiger partial charge in [-0.3, -0.25) is 0 Å². The molecule has 0 saturated heterocycles. The van der Waals surface area contributed by atoms with Crippen LogP contribution in [0.25, 0.3) is 22.6 Å². The van der Waals surface area contributed by atoms with Crippen molar-refractivity contribution >= 4 is 11.1 Å². The third-order valence-corrected chi connectivity index (χ3v) is 3.16. The highest BCUT2D eigenvalue weighted by atomic mass is 16.3. The van der Waals surface area contributed by atoms with Gasteiger partial charge in [0, 0.05) is 5.56 Å². The van der Waals surface area contributed by atoms with Crippen LogP contribution in [0.1, 0.15) is 25.3 Å². The van der Waals surface area contributed by atoms with Crippen molar-refractivity contribution in [3.05, 3.63) is 48.0 Å². The fraction of sp³-hybridized carbons (Fsp3) is 0.188. The number of rotatable bonds is 2. The summed E-state index contributed by atoms with van der Waals surface area (Å²) >= 11 is 0. The zero-order valence-electron chi connectivity index (χ0n) is 10.9. The Labute approximate surface area is 111 Å². The number of para-hydroxylation sites is 1. The lowest BCUT2D eigenvalue weighted by atomic mass is 10.0. The van der Waals surface area contributed by atoms with Gasteiger partial charge in [0.25, 0.3) is 0 Å². The van der Waals surface area contributed by atoms with E-state index in [4.69, 9.17) is 4.42 Å². The second-order valence-corrected chi connectivity index (χ2v) is 4.92. The summed E-state index contributed by atoms with van der Waals surface area (Å²) in [6.07, 6.45) is 0. The van der Waals surface area contributed by atoms with Gasteiger partial charge >= 0.3 is 0 Å². The highest BCUT2D eigenvalue weighted by Crippen LogP contribution is 2.30. The number of nitrogens with zero attached hydrogens (tertiary/aromatic N) is 1. The minimum atomic E-state index is 0.212.